The number of rotatable bonds is 4. The van der Waals surface area contributed by atoms with Gasteiger partial charge in [-0.05, 0) is 75.6 Å². The Balaban J connectivity index is 1.12. The summed E-state index contributed by atoms with van der Waals surface area (Å²) in [6, 6.07) is 46.7. The molecule has 204 valence electrons. The molecule has 9 rings (SSSR count). The van der Waals surface area contributed by atoms with Crippen LogP contribution >= 0.6 is 0 Å². The maximum absolute atomic E-state index is 6.58. The molecule has 0 aliphatic heterocycles. The largest absolute Gasteiger partial charge is 0.487 e. The van der Waals surface area contributed by atoms with Crippen molar-refractivity contribution in [2.75, 3.05) is 5.73 Å². The highest BCUT2D eigenvalue weighted by Gasteiger charge is 2.17. The van der Waals surface area contributed by atoms with Crippen molar-refractivity contribution in [1.82, 2.24) is 4.57 Å². The van der Waals surface area contributed by atoms with Crippen LogP contribution in [-0.4, -0.2) is 4.57 Å². The Morgan fingerprint density at radius 3 is 2.12 bits per heavy atom. The maximum atomic E-state index is 6.58. The normalized spacial score (nSPS) is 11.9. The van der Waals surface area contributed by atoms with Crippen LogP contribution in [0.15, 0.2) is 138 Å². The lowest BCUT2D eigenvalue weighted by atomic mass is 10.0. The Bertz CT molecular complexity index is 2520. The van der Waals surface area contributed by atoms with E-state index in [0.29, 0.717) is 18.0 Å². The highest BCUT2D eigenvalue weighted by atomic mass is 16.5. The zero-order chi connectivity index (χ0) is 28.5. The SMILES string of the molecule is Nc1c(OCc2ccc(-n3c4cc5ccccc5cc4c4c5ccccc5ccc43)cc2)ccc2oc3ccccc3c12. The molecule has 9 aromatic rings. The predicted octanol–water partition coefficient (Wildman–Crippen LogP) is 10.2. The molecule has 0 aliphatic carbocycles. The lowest BCUT2D eigenvalue weighted by Crippen LogP contribution is -2.00. The minimum absolute atomic E-state index is 0.411. The van der Waals surface area contributed by atoms with Crippen molar-refractivity contribution in [2.45, 2.75) is 6.61 Å². The number of fused-ring (bicyclic) bond motifs is 9. The van der Waals surface area contributed by atoms with E-state index in [1.54, 1.807) is 0 Å². The van der Waals surface area contributed by atoms with Gasteiger partial charge in [0.1, 0.15) is 23.5 Å². The Morgan fingerprint density at radius 2 is 1.28 bits per heavy atom. The van der Waals surface area contributed by atoms with Gasteiger partial charge in [-0.3, -0.25) is 0 Å². The van der Waals surface area contributed by atoms with Gasteiger partial charge in [0, 0.05) is 21.8 Å². The summed E-state index contributed by atoms with van der Waals surface area (Å²) in [4.78, 5) is 0. The number of anilines is 1. The fraction of sp³-hybridized carbons (Fsp3) is 0.0256. The summed E-state index contributed by atoms with van der Waals surface area (Å²) in [5.41, 5.74) is 13.3. The van der Waals surface area contributed by atoms with Gasteiger partial charge in [-0.15, -0.1) is 0 Å². The van der Waals surface area contributed by atoms with Gasteiger partial charge < -0.3 is 19.5 Å². The first-order chi connectivity index (χ1) is 21.2. The van der Waals surface area contributed by atoms with Crippen LogP contribution in [0.1, 0.15) is 5.56 Å². The maximum Gasteiger partial charge on any atom is 0.143 e. The van der Waals surface area contributed by atoms with E-state index in [1.165, 1.54) is 43.4 Å². The van der Waals surface area contributed by atoms with Crippen molar-refractivity contribution in [3.05, 3.63) is 139 Å². The van der Waals surface area contributed by atoms with Gasteiger partial charge in [0.15, 0.2) is 0 Å². The highest BCUT2D eigenvalue weighted by molar-refractivity contribution is 6.23. The lowest BCUT2D eigenvalue weighted by molar-refractivity contribution is 0.308. The third-order valence-corrected chi connectivity index (χ3v) is 8.65. The topological polar surface area (TPSA) is 53.3 Å². The van der Waals surface area contributed by atoms with Crippen molar-refractivity contribution in [2.24, 2.45) is 0 Å². The van der Waals surface area contributed by atoms with Crippen LogP contribution in [0.2, 0.25) is 0 Å². The van der Waals surface area contributed by atoms with E-state index in [0.717, 1.165) is 33.2 Å². The minimum atomic E-state index is 0.411. The van der Waals surface area contributed by atoms with Crippen LogP contribution < -0.4 is 10.5 Å². The Morgan fingerprint density at radius 1 is 0.558 bits per heavy atom. The molecule has 0 aliphatic rings. The van der Waals surface area contributed by atoms with Crippen LogP contribution in [0.5, 0.6) is 5.75 Å². The third kappa shape index (κ3) is 3.63. The average Bonchev–Trinajstić information content (AvgIpc) is 3.59. The van der Waals surface area contributed by atoms with Gasteiger partial charge >= 0.3 is 0 Å². The lowest BCUT2D eigenvalue weighted by Gasteiger charge is -2.12. The van der Waals surface area contributed by atoms with Crippen LogP contribution in [0, 0.1) is 0 Å². The summed E-state index contributed by atoms with van der Waals surface area (Å²) in [7, 11) is 0. The van der Waals surface area contributed by atoms with Gasteiger partial charge in [0.2, 0.25) is 0 Å². The predicted molar refractivity (Wildman–Crippen MR) is 178 cm³/mol. The minimum Gasteiger partial charge on any atom is -0.487 e. The molecular formula is C39H26N2O2. The van der Waals surface area contributed by atoms with E-state index in [1.807, 2.05) is 36.4 Å². The summed E-state index contributed by atoms with van der Waals surface area (Å²) in [6.07, 6.45) is 0. The Kier molecular flexibility index (Phi) is 5.08. The average molecular weight is 555 g/mol. The highest BCUT2D eigenvalue weighted by Crippen LogP contribution is 2.40. The molecule has 2 heterocycles. The zero-order valence-electron chi connectivity index (χ0n) is 23.2. The number of nitrogens with zero attached hydrogens (tertiary/aromatic N) is 1. The number of ether oxygens (including phenoxy) is 1. The van der Waals surface area contributed by atoms with Crippen LogP contribution in [0.4, 0.5) is 5.69 Å². The first kappa shape index (κ1) is 23.9. The van der Waals surface area contributed by atoms with E-state index in [9.17, 15) is 0 Å². The van der Waals surface area contributed by atoms with E-state index >= 15 is 0 Å². The zero-order valence-corrected chi connectivity index (χ0v) is 23.2. The molecule has 7 aromatic carbocycles. The van der Waals surface area contributed by atoms with Gasteiger partial charge in [-0.25, -0.2) is 0 Å². The number of nitrogens with two attached hydrogens (primary N) is 1. The first-order valence-electron chi connectivity index (χ1n) is 14.5. The molecule has 0 saturated carbocycles. The number of benzene rings is 7. The number of aromatic nitrogens is 1. The summed E-state index contributed by atoms with van der Waals surface area (Å²) in [6.45, 7) is 0.411. The van der Waals surface area contributed by atoms with E-state index < -0.39 is 0 Å². The van der Waals surface area contributed by atoms with Gasteiger partial charge in [0.25, 0.3) is 0 Å². The van der Waals surface area contributed by atoms with Gasteiger partial charge in [0.05, 0.1) is 22.1 Å². The second kappa shape index (κ2) is 9.13. The molecule has 2 aromatic heterocycles. The number of furan rings is 1. The summed E-state index contributed by atoms with van der Waals surface area (Å²) in [5, 5.41) is 9.43. The van der Waals surface area contributed by atoms with E-state index in [2.05, 4.69) is 102 Å². The van der Waals surface area contributed by atoms with Crippen LogP contribution in [0.3, 0.4) is 0 Å². The van der Waals surface area contributed by atoms with E-state index in [-0.39, 0.29) is 0 Å². The van der Waals surface area contributed by atoms with Crippen molar-refractivity contribution >= 4 is 71.0 Å². The summed E-state index contributed by atoms with van der Waals surface area (Å²) in [5.74, 6) is 0.657. The molecule has 0 bridgehead atoms. The molecule has 2 N–H and O–H groups in total. The second-order valence-electron chi connectivity index (χ2n) is 11.1. The number of hydrogen-bond donors (Lipinski definition) is 1. The number of para-hydroxylation sites is 1. The quantitative estimate of drug-likeness (QED) is 0.220. The molecular weight excluding hydrogens is 528 g/mol. The molecule has 0 unspecified atom stereocenters. The van der Waals surface area contributed by atoms with Crippen molar-refractivity contribution in [3.63, 3.8) is 0 Å². The molecule has 0 saturated heterocycles. The molecule has 4 heteroatoms. The van der Waals surface area contributed by atoms with Crippen LogP contribution in [-0.2, 0) is 6.61 Å². The molecule has 43 heavy (non-hydrogen) atoms. The van der Waals surface area contributed by atoms with Gasteiger partial charge in [-0.1, -0.05) is 84.9 Å². The standard InChI is InChI=1S/C39H26N2O2/c40-39-36(20-19-35-38(39)30-11-5-6-12-34(30)43-35)42-23-24-13-16-28(17-14-24)41-32-18-15-25-7-3-4-10-29(25)37(32)31-21-26-8-1-2-9-27(26)22-33(31)41/h1-22H,23,40H2. The molecule has 0 fully saturated rings. The molecule has 0 amide bonds. The molecule has 4 nitrogen and oxygen atoms in total. The van der Waals surface area contributed by atoms with Crippen molar-refractivity contribution < 1.29 is 9.15 Å². The molecule has 0 spiro atoms. The first-order valence-corrected chi connectivity index (χ1v) is 14.5. The van der Waals surface area contributed by atoms with Crippen molar-refractivity contribution in [3.8, 4) is 11.4 Å². The Hall–Kier alpha value is -5.74. The molecule has 0 radical (unpaired) electrons. The second-order valence-corrected chi connectivity index (χ2v) is 11.1. The van der Waals surface area contributed by atoms with Gasteiger partial charge in [-0.2, -0.15) is 0 Å². The molecule has 0 atom stereocenters. The fourth-order valence-corrected chi connectivity index (χ4v) is 6.60. The number of hydrogen-bond acceptors (Lipinski definition) is 3. The van der Waals surface area contributed by atoms with E-state index in [4.69, 9.17) is 14.9 Å². The Labute approximate surface area is 247 Å². The smallest absolute Gasteiger partial charge is 0.143 e. The number of nitrogen functional groups attached to an aromatic ring is 1. The fourth-order valence-electron chi connectivity index (χ4n) is 6.60. The monoisotopic (exact) mass is 554 g/mol. The van der Waals surface area contributed by atoms with Crippen molar-refractivity contribution in [1.29, 1.82) is 0 Å². The van der Waals surface area contributed by atoms with Crippen LogP contribution in [0.25, 0.3) is 71.0 Å². The third-order valence-electron chi connectivity index (χ3n) is 8.65. The summed E-state index contributed by atoms with van der Waals surface area (Å²) >= 11 is 0. The summed E-state index contributed by atoms with van der Waals surface area (Å²) < 4.78 is 14.6.